The van der Waals surface area contributed by atoms with Gasteiger partial charge in [0, 0.05) is 23.9 Å². The molecule has 19 heavy (non-hydrogen) atoms. The van der Waals surface area contributed by atoms with Crippen LogP contribution in [0.1, 0.15) is 25.8 Å². The fourth-order valence-electron chi connectivity index (χ4n) is 1.83. The third-order valence-corrected chi connectivity index (χ3v) is 3.44. The Hall–Kier alpha value is -1.25. The summed E-state index contributed by atoms with van der Waals surface area (Å²) in [5, 5.41) is 13.1. The fraction of sp³-hybridized carbons (Fsp3) is 0.375. The molecule has 0 saturated heterocycles. The predicted molar refractivity (Wildman–Crippen MR) is 82.1 cm³/mol. The van der Waals surface area contributed by atoms with Crippen LogP contribution in [0.25, 0.3) is 0 Å². The molecule has 104 valence electrons. The van der Waals surface area contributed by atoms with E-state index in [0.29, 0.717) is 0 Å². The normalized spacial score (nSPS) is 13.2. The van der Waals surface area contributed by atoms with Crippen molar-refractivity contribution in [2.24, 2.45) is 5.92 Å². The maximum atomic E-state index is 8.98. The van der Waals surface area contributed by atoms with Crippen molar-refractivity contribution in [3.05, 3.63) is 58.8 Å². The van der Waals surface area contributed by atoms with E-state index >= 15 is 0 Å². The van der Waals surface area contributed by atoms with Gasteiger partial charge in [-0.25, -0.2) is 0 Å². The van der Waals surface area contributed by atoms with Crippen molar-refractivity contribution in [2.75, 3.05) is 6.61 Å². The molecule has 0 radical (unpaired) electrons. The second kappa shape index (κ2) is 8.03. The van der Waals surface area contributed by atoms with Crippen LogP contribution >= 0.6 is 11.6 Å². The van der Waals surface area contributed by atoms with E-state index in [-0.39, 0.29) is 12.5 Å². The number of nitrogens with one attached hydrogen (secondary N) is 1. The minimum Gasteiger partial charge on any atom is -0.396 e. The molecule has 0 fully saturated rings. The van der Waals surface area contributed by atoms with E-state index in [1.165, 1.54) is 5.56 Å². The summed E-state index contributed by atoms with van der Waals surface area (Å²) < 4.78 is 0. The maximum Gasteiger partial charge on any atom is 0.0436 e. The van der Waals surface area contributed by atoms with Crippen LogP contribution in [-0.2, 0) is 6.54 Å². The van der Waals surface area contributed by atoms with Crippen molar-refractivity contribution in [3.63, 3.8) is 0 Å². The summed E-state index contributed by atoms with van der Waals surface area (Å²) in [7, 11) is 0. The van der Waals surface area contributed by atoms with Gasteiger partial charge in [-0.1, -0.05) is 43.3 Å². The van der Waals surface area contributed by atoms with Crippen LogP contribution in [0.15, 0.2) is 48.2 Å². The molecule has 1 atom stereocenters. The van der Waals surface area contributed by atoms with Gasteiger partial charge in [-0.15, -0.1) is 0 Å². The average molecular weight is 280 g/mol. The Bertz CT molecular complexity index is 437. The number of allylic oxidation sites excluding steroid dienone is 2. The molecule has 2 N–H and O–H groups in total. The lowest BCUT2D eigenvalue weighted by Crippen LogP contribution is -2.17. The fourth-order valence-corrected chi connectivity index (χ4v) is 1.96. The first-order chi connectivity index (χ1) is 9.08. The maximum absolute atomic E-state index is 8.98. The van der Waals surface area contributed by atoms with Crippen LogP contribution in [0.4, 0.5) is 0 Å². The zero-order chi connectivity index (χ0) is 14.3. The molecule has 2 nitrogen and oxygen atoms in total. The summed E-state index contributed by atoms with van der Waals surface area (Å²) in [6.07, 6.45) is 2.75. The highest BCUT2D eigenvalue weighted by atomic mass is 35.5. The van der Waals surface area contributed by atoms with Crippen molar-refractivity contribution in [1.29, 1.82) is 0 Å². The van der Waals surface area contributed by atoms with Crippen molar-refractivity contribution in [3.8, 4) is 0 Å². The Labute approximate surface area is 120 Å². The van der Waals surface area contributed by atoms with Gasteiger partial charge in [-0.05, 0) is 42.5 Å². The highest BCUT2D eigenvalue weighted by molar-refractivity contribution is 6.30. The van der Waals surface area contributed by atoms with Crippen LogP contribution in [0.5, 0.6) is 0 Å². The number of hydrogen-bond donors (Lipinski definition) is 2. The highest BCUT2D eigenvalue weighted by Crippen LogP contribution is 2.19. The van der Waals surface area contributed by atoms with Crippen LogP contribution in [0, 0.1) is 5.92 Å². The van der Waals surface area contributed by atoms with E-state index < -0.39 is 0 Å². The molecule has 0 aliphatic rings. The smallest absolute Gasteiger partial charge is 0.0436 e. The van der Waals surface area contributed by atoms with Gasteiger partial charge in [0.05, 0.1) is 0 Å². The lowest BCUT2D eigenvalue weighted by Gasteiger charge is -2.18. The third kappa shape index (κ3) is 5.09. The molecule has 3 heteroatoms. The molecule has 0 heterocycles. The number of halogens is 1. The largest absolute Gasteiger partial charge is 0.396 e. The molecule has 1 rings (SSSR count). The Morgan fingerprint density at radius 2 is 2.05 bits per heavy atom. The van der Waals surface area contributed by atoms with Gasteiger partial charge in [0.2, 0.25) is 0 Å². The summed E-state index contributed by atoms with van der Waals surface area (Å²) >= 11 is 5.86. The molecule has 0 aliphatic carbocycles. The molecule has 0 aromatic heterocycles. The van der Waals surface area contributed by atoms with Crippen LogP contribution < -0.4 is 5.32 Å². The molecule has 0 aliphatic heterocycles. The van der Waals surface area contributed by atoms with Gasteiger partial charge in [0.25, 0.3) is 0 Å². The monoisotopic (exact) mass is 279 g/mol. The quantitative estimate of drug-likeness (QED) is 0.742. The number of aliphatic hydroxyl groups is 1. The first-order valence-electron chi connectivity index (χ1n) is 6.53. The van der Waals surface area contributed by atoms with Crippen LogP contribution in [0.2, 0.25) is 5.02 Å². The topological polar surface area (TPSA) is 32.3 Å². The molecule has 0 spiro atoms. The first-order valence-corrected chi connectivity index (χ1v) is 6.91. The standard InChI is InChI=1S/C16H22ClNO/c1-4-16(13(3)12(2)9-10-19)18-11-14-5-7-15(17)8-6-14/h4-8,12,18-19H,3,9-11H2,1-2H3/b16-4-. The number of aliphatic hydroxyl groups excluding tert-OH is 1. The minimum absolute atomic E-state index is 0.189. The highest BCUT2D eigenvalue weighted by Gasteiger charge is 2.10. The third-order valence-electron chi connectivity index (χ3n) is 3.19. The number of hydrogen-bond acceptors (Lipinski definition) is 2. The minimum atomic E-state index is 0.189. The Balaban J connectivity index is 2.58. The molecular formula is C16H22ClNO. The van der Waals surface area contributed by atoms with Crippen molar-refractivity contribution in [1.82, 2.24) is 5.32 Å². The summed E-state index contributed by atoms with van der Waals surface area (Å²) in [6.45, 7) is 9.10. The molecule has 1 aromatic carbocycles. The Morgan fingerprint density at radius 1 is 1.42 bits per heavy atom. The predicted octanol–water partition coefficient (Wildman–Crippen LogP) is 3.91. The van der Waals surface area contributed by atoms with Gasteiger partial charge in [0.1, 0.15) is 0 Å². The van der Waals surface area contributed by atoms with Gasteiger partial charge < -0.3 is 10.4 Å². The van der Waals surface area contributed by atoms with E-state index in [4.69, 9.17) is 16.7 Å². The van der Waals surface area contributed by atoms with Gasteiger partial charge in [0.15, 0.2) is 0 Å². The number of rotatable bonds is 7. The molecular weight excluding hydrogens is 258 g/mol. The van der Waals surface area contributed by atoms with E-state index in [1.54, 1.807) is 0 Å². The second-order valence-corrected chi connectivity index (χ2v) is 5.06. The molecule has 0 saturated carbocycles. The van der Waals surface area contributed by atoms with E-state index in [9.17, 15) is 0 Å². The summed E-state index contributed by atoms with van der Waals surface area (Å²) in [6, 6.07) is 7.78. The van der Waals surface area contributed by atoms with E-state index in [0.717, 1.165) is 29.3 Å². The first kappa shape index (κ1) is 15.8. The van der Waals surface area contributed by atoms with Crippen LogP contribution in [0.3, 0.4) is 0 Å². The summed E-state index contributed by atoms with van der Waals surface area (Å²) in [5.41, 5.74) is 3.24. The zero-order valence-electron chi connectivity index (χ0n) is 11.6. The molecule has 0 amide bonds. The zero-order valence-corrected chi connectivity index (χ0v) is 12.4. The average Bonchev–Trinajstić information content (AvgIpc) is 2.41. The summed E-state index contributed by atoms with van der Waals surface area (Å²) in [5.74, 6) is 0.272. The van der Waals surface area contributed by atoms with E-state index in [1.807, 2.05) is 37.3 Å². The Kier molecular flexibility index (Phi) is 6.68. The molecule has 1 aromatic rings. The SMILES string of the molecule is C=C(/C(=C/C)NCc1ccc(Cl)cc1)C(C)CCO. The molecule has 0 bridgehead atoms. The van der Waals surface area contributed by atoms with Gasteiger partial charge >= 0.3 is 0 Å². The lowest BCUT2D eigenvalue weighted by molar-refractivity contribution is 0.271. The Morgan fingerprint density at radius 3 is 2.58 bits per heavy atom. The van der Waals surface area contributed by atoms with Crippen LogP contribution in [-0.4, -0.2) is 11.7 Å². The lowest BCUT2D eigenvalue weighted by atomic mass is 9.96. The van der Waals surface area contributed by atoms with Gasteiger partial charge in [-0.2, -0.15) is 0 Å². The van der Waals surface area contributed by atoms with Crippen molar-refractivity contribution in [2.45, 2.75) is 26.8 Å². The van der Waals surface area contributed by atoms with E-state index in [2.05, 4.69) is 18.8 Å². The van der Waals surface area contributed by atoms with Crippen molar-refractivity contribution < 1.29 is 5.11 Å². The summed E-state index contributed by atoms with van der Waals surface area (Å²) in [4.78, 5) is 0. The number of benzene rings is 1. The van der Waals surface area contributed by atoms with Crippen molar-refractivity contribution >= 4 is 11.6 Å². The second-order valence-electron chi connectivity index (χ2n) is 4.62. The molecule has 1 unspecified atom stereocenters. The van der Waals surface area contributed by atoms with Gasteiger partial charge in [-0.3, -0.25) is 0 Å².